The zero-order chi connectivity index (χ0) is 4.50. The normalized spacial score (nSPS) is 8.57. The summed E-state index contributed by atoms with van der Waals surface area (Å²) in [6.45, 7) is 0. The quantitative estimate of drug-likeness (QED) is 0.372. The maximum atomic E-state index is 8.58. The summed E-state index contributed by atoms with van der Waals surface area (Å²) in [6, 6.07) is 0. The molecular formula is MoNaO4Si+. The molecule has 0 aliphatic rings. The van der Waals surface area contributed by atoms with Crippen molar-refractivity contribution >= 4 is 9.05 Å². The van der Waals surface area contributed by atoms with Gasteiger partial charge in [0.1, 0.15) is 0 Å². The van der Waals surface area contributed by atoms with Gasteiger partial charge in [0.15, 0.2) is 0 Å². The topological polar surface area (TPSA) is 92.2 Å². The fourth-order valence-corrected chi connectivity index (χ4v) is 0. The van der Waals surface area contributed by atoms with Crippen LogP contribution in [-0.2, 0) is 21.1 Å². The molecule has 0 heterocycles. The third-order valence-corrected chi connectivity index (χ3v) is 0. The molecule has 0 atom stereocenters. The summed E-state index contributed by atoms with van der Waals surface area (Å²) in [7, 11) is -5.61. The molecule has 0 aliphatic heterocycles. The maximum absolute atomic E-state index is 8.58. The van der Waals surface area contributed by atoms with Crippen molar-refractivity contribution in [2.24, 2.45) is 0 Å². The first kappa shape index (κ1) is 15.9. The first-order valence-corrected chi connectivity index (χ1v) is 2.45. The summed E-state index contributed by atoms with van der Waals surface area (Å²) < 4.78 is 0. The van der Waals surface area contributed by atoms with Crippen LogP contribution >= 0.6 is 0 Å². The van der Waals surface area contributed by atoms with E-state index in [1.165, 1.54) is 0 Å². The largest absolute Gasteiger partial charge is 4.00 e. The average molecular weight is 211 g/mol. The minimum Gasteiger partial charge on any atom is -0.894 e. The Morgan fingerprint density at radius 1 is 0.857 bits per heavy atom. The monoisotopic (exact) mass is 213 g/mol. The van der Waals surface area contributed by atoms with Gasteiger partial charge in [-0.2, -0.15) is 0 Å². The molecule has 0 bridgehead atoms. The second-order valence-corrected chi connectivity index (χ2v) is 1.50. The van der Waals surface area contributed by atoms with Crippen molar-refractivity contribution in [1.82, 2.24) is 0 Å². The van der Waals surface area contributed by atoms with Gasteiger partial charge in [-0.05, 0) is 0 Å². The fourth-order valence-electron chi connectivity index (χ4n) is 0. The van der Waals surface area contributed by atoms with Crippen LogP contribution in [0.1, 0.15) is 0 Å². The van der Waals surface area contributed by atoms with Gasteiger partial charge in [-0.15, -0.1) is 0 Å². The van der Waals surface area contributed by atoms with Crippen molar-refractivity contribution in [3.8, 4) is 0 Å². The van der Waals surface area contributed by atoms with Gasteiger partial charge in [-0.3, -0.25) is 0 Å². The van der Waals surface area contributed by atoms with E-state index >= 15 is 0 Å². The Bertz CT molecular complexity index is 27.2. The van der Waals surface area contributed by atoms with E-state index in [1.54, 1.807) is 0 Å². The molecule has 0 aromatic heterocycles. The molecule has 0 aromatic carbocycles. The standard InChI is InChI=1S/Mo.Na.O4Si/c;;1-5(2,3)4/q+4;+1;-4. The Morgan fingerprint density at radius 2 is 0.857 bits per heavy atom. The molecule has 7 heteroatoms. The second kappa shape index (κ2) is 5.87. The van der Waals surface area contributed by atoms with Crippen LogP contribution in [0.3, 0.4) is 0 Å². The van der Waals surface area contributed by atoms with E-state index in [9.17, 15) is 0 Å². The van der Waals surface area contributed by atoms with E-state index in [-0.39, 0.29) is 50.6 Å². The van der Waals surface area contributed by atoms with Crippen LogP contribution in [0.15, 0.2) is 0 Å². The number of hydrogen-bond donors (Lipinski definition) is 0. The molecule has 0 fully saturated rings. The summed E-state index contributed by atoms with van der Waals surface area (Å²) in [5, 5.41) is 0. The summed E-state index contributed by atoms with van der Waals surface area (Å²) in [4.78, 5) is 34.3. The molecule has 0 N–H and O–H groups in total. The Hall–Kier alpha value is 1.75. The van der Waals surface area contributed by atoms with Gasteiger partial charge < -0.3 is 28.2 Å². The Kier molecular flexibility index (Phi) is 13.3. The van der Waals surface area contributed by atoms with Crippen LogP contribution in [0.5, 0.6) is 0 Å². The van der Waals surface area contributed by atoms with Gasteiger partial charge in [-0.25, -0.2) is 0 Å². The smallest absolute Gasteiger partial charge is 0.894 e. The van der Waals surface area contributed by atoms with Crippen LogP contribution < -0.4 is 48.7 Å². The minimum absolute atomic E-state index is 0. The van der Waals surface area contributed by atoms with Crippen LogP contribution in [-0.4, -0.2) is 9.05 Å². The third kappa shape index (κ3) is 83.9. The van der Waals surface area contributed by atoms with Crippen LogP contribution in [0.2, 0.25) is 0 Å². The first-order chi connectivity index (χ1) is 2.00. The van der Waals surface area contributed by atoms with Gasteiger partial charge in [-0.1, -0.05) is 0 Å². The maximum Gasteiger partial charge on any atom is 4.00 e. The van der Waals surface area contributed by atoms with Gasteiger partial charge in [0.05, 0.1) is 0 Å². The number of rotatable bonds is 0. The van der Waals surface area contributed by atoms with Crippen molar-refractivity contribution in [1.29, 1.82) is 0 Å². The zero-order valence-electron chi connectivity index (χ0n) is 3.54. The summed E-state index contributed by atoms with van der Waals surface area (Å²) >= 11 is 0. The molecule has 0 unspecified atom stereocenters. The molecule has 0 saturated carbocycles. The van der Waals surface area contributed by atoms with Crippen molar-refractivity contribution in [3.05, 3.63) is 0 Å². The van der Waals surface area contributed by atoms with Gasteiger partial charge >= 0.3 is 50.6 Å². The van der Waals surface area contributed by atoms with Crippen molar-refractivity contribution in [2.75, 3.05) is 0 Å². The Morgan fingerprint density at radius 3 is 0.857 bits per heavy atom. The van der Waals surface area contributed by atoms with Crippen molar-refractivity contribution < 1.29 is 69.8 Å². The molecule has 0 radical (unpaired) electrons. The van der Waals surface area contributed by atoms with Gasteiger partial charge in [0, 0.05) is 0 Å². The van der Waals surface area contributed by atoms with Crippen LogP contribution in [0.4, 0.5) is 0 Å². The van der Waals surface area contributed by atoms with E-state index in [1.807, 2.05) is 0 Å². The second-order valence-electron chi connectivity index (χ2n) is 0.500. The van der Waals surface area contributed by atoms with Gasteiger partial charge in [0.25, 0.3) is 0 Å². The van der Waals surface area contributed by atoms with Crippen molar-refractivity contribution in [3.63, 3.8) is 0 Å². The predicted molar refractivity (Wildman–Crippen MR) is 5.75 cm³/mol. The van der Waals surface area contributed by atoms with E-state index in [0.29, 0.717) is 0 Å². The molecule has 0 amide bonds. The molecule has 0 rings (SSSR count). The molecular weight excluding hydrogens is 211 g/mol. The fraction of sp³-hybridized carbons (Fsp3) is 0. The minimum atomic E-state index is -5.61. The van der Waals surface area contributed by atoms with E-state index in [2.05, 4.69) is 0 Å². The first-order valence-electron chi connectivity index (χ1n) is 0.816. The van der Waals surface area contributed by atoms with Gasteiger partial charge in [0.2, 0.25) is 0 Å². The summed E-state index contributed by atoms with van der Waals surface area (Å²) in [6.07, 6.45) is 0. The predicted octanol–water partition coefficient (Wildman–Crippen LogP) is -8.14. The molecule has 0 aromatic rings. The molecule has 0 spiro atoms. The Labute approximate surface area is 78.2 Å². The zero-order valence-corrected chi connectivity index (χ0v) is 8.55. The average Bonchev–Trinajstić information content (AvgIpc) is 0.722. The van der Waals surface area contributed by atoms with Crippen molar-refractivity contribution in [2.45, 2.75) is 0 Å². The molecule has 0 aliphatic carbocycles. The van der Waals surface area contributed by atoms with E-state index in [0.717, 1.165) is 0 Å². The van der Waals surface area contributed by atoms with Crippen LogP contribution in [0, 0.1) is 0 Å². The molecule has 0 saturated heterocycles. The summed E-state index contributed by atoms with van der Waals surface area (Å²) in [5.74, 6) is 0. The summed E-state index contributed by atoms with van der Waals surface area (Å²) in [5.41, 5.74) is 0. The van der Waals surface area contributed by atoms with E-state index in [4.69, 9.17) is 19.2 Å². The van der Waals surface area contributed by atoms with Crippen LogP contribution in [0.25, 0.3) is 0 Å². The molecule has 7 heavy (non-hydrogen) atoms. The number of hydrogen-bond acceptors (Lipinski definition) is 4. The Balaban J connectivity index is -0.0000000800. The van der Waals surface area contributed by atoms with E-state index < -0.39 is 9.05 Å². The SMILES string of the molecule is [Mo+4].[Na+].[O-][Si]([O-])([O-])[O-]. The molecule has 4 nitrogen and oxygen atoms in total. The third-order valence-electron chi connectivity index (χ3n) is 0. The molecule has 34 valence electrons.